The predicted octanol–water partition coefficient (Wildman–Crippen LogP) is 3.24. The summed E-state index contributed by atoms with van der Waals surface area (Å²) in [5, 5.41) is 14.7. The van der Waals surface area contributed by atoms with Gasteiger partial charge in [-0.2, -0.15) is 5.26 Å². The molecule has 0 saturated heterocycles. The number of nitrogens with one attached hydrogen (secondary N) is 2. The second kappa shape index (κ2) is 8.31. The number of nitrogens with zero attached hydrogens (tertiary/aromatic N) is 1. The van der Waals surface area contributed by atoms with Gasteiger partial charge in [-0.15, -0.1) is 0 Å². The minimum absolute atomic E-state index is 0.0708. The van der Waals surface area contributed by atoms with Crippen molar-refractivity contribution in [1.82, 2.24) is 0 Å². The van der Waals surface area contributed by atoms with Crippen LogP contribution in [0.2, 0.25) is 0 Å². The van der Waals surface area contributed by atoms with E-state index in [0.717, 1.165) is 5.56 Å². The van der Waals surface area contributed by atoms with Gasteiger partial charge in [-0.3, -0.25) is 4.79 Å². The summed E-state index contributed by atoms with van der Waals surface area (Å²) in [4.78, 5) is 23.5. The Morgan fingerprint density at radius 3 is 2.44 bits per heavy atom. The Morgan fingerprint density at radius 1 is 1.12 bits per heavy atom. The molecule has 0 unspecified atom stereocenters. The Labute approximate surface area is 145 Å². The molecule has 0 spiro atoms. The number of benzene rings is 2. The van der Waals surface area contributed by atoms with Gasteiger partial charge in [0, 0.05) is 17.6 Å². The summed E-state index contributed by atoms with van der Waals surface area (Å²) < 4.78 is 4.62. The molecule has 0 atom stereocenters. The number of amides is 1. The number of ether oxygens (including phenoxy) is 1. The normalized spacial score (nSPS) is 10.5. The Kier molecular flexibility index (Phi) is 5.91. The van der Waals surface area contributed by atoms with E-state index in [1.54, 1.807) is 30.3 Å². The molecule has 0 radical (unpaired) electrons. The molecular formula is C19H17N3O3. The average Bonchev–Trinajstić information content (AvgIpc) is 2.62. The molecule has 2 N–H and O–H groups in total. The van der Waals surface area contributed by atoms with Crippen LogP contribution in [0.1, 0.15) is 15.9 Å². The van der Waals surface area contributed by atoms with Crippen molar-refractivity contribution >= 4 is 23.3 Å². The zero-order chi connectivity index (χ0) is 18.2. The van der Waals surface area contributed by atoms with Crippen LogP contribution in [-0.4, -0.2) is 19.0 Å². The van der Waals surface area contributed by atoms with Gasteiger partial charge in [0.2, 0.25) is 0 Å². The quantitative estimate of drug-likeness (QED) is 0.497. The molecule has 2 rings (SSSR count). The summed E-state index contributed by atoms with van der Waals surface area (Å²) >= 11 is 0. The fourth-order valence-electron chi connectivity index (χ4n) is 2.05. The molecule has 6 nitrogen and oxygen atoms in total. The topological polar surface area (TPSA) is 91.2 Å². The second-order valence-electron chi connectivity index (χ2n) is 5.21. The van der Waals surface area contributed by atoms with E-state index in [4.69, 9.17) is 0 Å². The molecule has 2 aromatic carbocycles. The number of methoxy groups -OCH3 is 1. The molecule has 1 amide bonds. The Balaban J connectivity index is 2.05. The van der Waals surface area contributed by atoms with Gasteiger partial charge in [0.25, 0.3) is 5.91 Å². The number of aryl methyl sites for hydroxylation is 1. The molecule has 6 heteroatoms. The van der Waals surface area contributed by atoms with Crippen LogP contribution in [0.25, 0.3) is 0 Å². The first kappa shape index (κ1) is 17.8. The van der Waals surface area contributed by atoms with Crippen molar-refractivity contribution in [3.05, 3.63) is 71.4 Å². The van der Waals surface area contributed by atoms with Crippen molar-refractivity contribution in [3.63, 3.8) is 0 Å². The molecule has 0 fully saturated rings. The Bertz CT molecular complexity index is 849. The molecule has 0 heterocycles. The van der Waals surface area contributed by atoms with Crippen LogP contribution in [0, 0.1) is 18.3 Å². The minimum Gasteiger partial charge on any atom is -0.465 e. The van der Waals surface area contributed by atoms with Crippen LogP contribution in [-0.2, 0) is 9.53 Å². The van der Waals surface area contributed by atoms with Gasteiger partial charge in [-0.25, -0.2) is 4.79 Å². The first-order chi connectivity index (χ1) is 12.0. The number of anilines is 2. The second-order valence-corrected chi connectivity index (χ2v) is 5.21. The number of hydrogen-bond acceptors (Lipinski definition) is 5. The van der Waals surface area contributed by atoms with Crippen LogP contribution in [0.15, 0.2) is 60.3 Å². The summed E-state index contributed by atoms with van der Waals surface area (Å²) in [5.41, 5.74) is 2.59. The van der Waals surface area contributed by atoms with E-state index in [9.17, 15) is 14.9 Å². The highest BCUT2D eigenvalue weighted by molar-refractivity contribution is 6.06. The molecule has 25 heavy (non-hydrogen) atoms. The monoisotopic (exact) mass is 335 g/mol. The molecule has 0 bridgehead atoms. The molecule has 0 aliphatic rings. The lowest BCUT2D eigenvalue weighted by molar-refractivity contribution is -0.112. The van der Waals surface area contributed by atoms with E-state index in [1.807, 2.05) is 31.2 Å². The molecular weight excluding hydrogens is 318 g/mol. The number of hydrogen-bond donors (Lipinski definition) is 2. The van der Waals surface area contributed by atoms with Crippen molar-refractivity contribution in [2.45, 2.75) is 6.92 Å². The lowest BCUT2D eigenvalue weighted by Crippen LogP contribution is -2.14. The van der Waals surface area contributed by atoms with Crippen molar-refractivity contribution in [3.8, 4) is 6.07 Å². The van der Waals surface area contributed by atoms with Gasteiger partial charge in [-0.1, -0.05) is 12.1 Å². The van der Waals surface area contributed by atoms with E-state index in [-0.39, 0.29) is 5.57 Å². The summed E-state index contributed by atoms with van der Waals surface area (Å²) in [6, 6.07) is 15.6. The molecule has 0 aromatic heterocycles. The third kappa shape index (κ3) is 4.94. The number of carbonyl (C=O) groups excluding carboxylic acids is 2. The molecule has 0 aliphatic carbocycles. The van der Waals surface area contributed by atoms with Gasteiger partial charge in [0.1, 0.15) is 11.6 Å². The van der Waals surface area contributed by atoms with Crippen LogP contribution >= 0.6 is 0 Å². The summed E-state index contributed by atoms with van der Waals surface area (Å²) in [6.07, 6.45) is 1.32. The Morgan fingerprint density at radius 2 is 1.84 bits per heavy atom. The fraction of sp³-hybridized carbons (Fsp3) is 0.105. The number of esters is 1. The van der Waals surface area contributed by atoms with Crippen LogP contribution < -0.4 is 10.6 Å². The molecule has 2 aromatic rings. The number of carbonyl (C=O) groups is 2. The van der Waals surface area contributed by atoms with Crippen molar-refractivity contribution in [2.75, 3.05) is 17.7 Å². The van der Waals surface area contributed by atoms with Gasteiger partial charge in [-0.05, 0) is 48.9 Å². The average molecular weight is 335 g/mol. The van der Waals surface area contributed by atoms with Crippen molar-refractivity contribution < 1.29 is 14.3 Å². The van der Waals surface area contributed by atoms with Crippen molar-refractivity contribution in [2.24, 2.45) is 0 Å². The van der Waals surface area contributed by atoms with E-state index in [1.165, 1.54) is 13.3 Å². The first-order valence-electron chi connectivity index (χ1n) is 7.46. The van der Waals surface area contributed by atoms with Crippen LogP contribution in [0.5, 0.6) is 0 Å². The molecule has 0 aliphatic heterocycles. The van der Waals surface area contributed by atoms with Crippen LogP contribution in [0.4, 0.5) is 11.4 Å². The zero-order valence-electron chi connectivity index (χ0n) is 13.9. The number of nitriles is 1. The first-order valence-corrected chi connectivity index (χ1v) is 7.46. The number of rotatable bonds is 5. The minimum atomic E-state index is -0.508. The highest BCUT2D eigenvalue weighted by Gasteiger charge is 2.09. The highest BCUT2D eigenvalue weighted by Crippen LogP contribution is 2.13. The molecule has 0 saturated carbocycles. The standard InChI is InChI=1S/C19H17N3O3/c1-13-4-3-5-17(10-13)22-18(23)15(11-20)12-21-16-8-6-14(7-9-16)19(24)25-2/h3-10,12,21H,1-2H3,(H,22,23)/b15-12-. The maximum atomic E-state index is 12.2. The van der Waals surface area contributed by atoms with E-state index in [2.05, 4.69) is 15.4 Å². The fourth-order valence-corrected chi connectivity index (χ4v) is 2.05. The largest absolute Gasteiger partial charge is 0.465 e. The SMILES string of the molecule is COC(=O)c1ccc(N/C=C(/C#N)C(=O)Nc2cccc(C)c2)cc1. The third-order valence-electron chi connectivity index (χ3n) is 3.33. The van der Waals surface area contributed by atoms with E-state index in [0.29, 0.717) is 16.9 Å². The lowest BCUT2D eigenvalue weighted by atomic mass is 10.2. The van der Waals surface area contributed by atoms with E-state index >= 15 is 0 Å². The van der Waals surface area contributed by atoms with Gasteiger partial charge in [0.15, 0.2) is 0 Å². The van der Waals surface area contributed by atoms with Crippen molar-refractivity contribution in [1.29, 1.82) is 5.26 Å². The maximum absolute atomic E-state index is 12.2. The predicted molar refractivity (Wildman–Crippen MR) is 94.9 cm³/mol. The third-order valence-corrected chi connectivity index (χ3v) is 3.33. The maximum Gasteiger partial charge on any atom is 0.337 e. The van der Waals surface area contributed by atoms with Gasteiger partial charge >= 0.3 is 5.97 Å². The van der Waals surface area contributed by atoms with Gasteiger partial charge < -0.3 is 15.4 Å². The van der Waals surface area contributed by atoms with E-state index < -0.39 is 11.9 Å². The zero-order valence-corrected chi connectivity index (χ0v) is 13.9. The summed E-state index contributed by atoms with van der Waals surface area (Å²) in [5.74, 6) is -0.941. The highest BCUT2D eigenvalue weighted by atomic mass is 16.5. The smallest absolute Gasteiger partial charge is 0.337 e. The summed E-state index contributed by atoms with van der Waals surface area (Å²) in [6.45, 7) is 1.91. The Hall–Kier alpha value is -3.59. The van der Waals surface area contributed by atoms with Gasteiger partial charge in [0.05, 0.1) is 12.7 Å². The van der Waals surface area contributed by atoms with Crippen LogP contribution in [0.3, 0.4) is 0 Å². The lowest BCUT2D eigenvalue weighted by Gasteiger charge is -2.06. The summed E-state index contributed by atoms with van der Waals surface area (Å²) in [7, 11) is 1.31. The molecule has 126 valence electrons.